The molecule has 0 radical (unpaired) electrons. The van der Waals surface area contributed by atoms with Gasteiger partial charge in [0.1, 0.15) is 0 Å². The summed E-state index contributed by atoms with van der Waals surface area (Å²) in [5, 5.41) is 28.6. The molecule has 10 heteroatoms. The molecule has 5 aliphatic rings. The number of halogens is 2. The summed E-state index contributed by atoms with van der Waals surface area (Å²) in [7, 11) is 0. The zero-order valence-electron chi connectivity index (χ0n) is 25.9. The number of carbonyl (C=O) groups is 1. The van der Waals surface area contributed by atoms with E-state index in [1.54, 1.807) is 0 Å². The number of nitrogens with zero attached hydrogens (tertiary/aromatic N) is 2. The Balaban J connectivity index is -0.000000471. The van der Waals surface area contributed by atoms with Crippen molar-refractivity contribution in [1.29, 1.82) is 10.5 Å². The summed E-state index contributed by atoms with van der Waals surface area (Å²) in [6.07, 6.45) is 25.9. The summed E-state index contributed by atoms with van der Waals surface area (Å²) >= 11 is 6.56. The Morgan fingerprint density at radius 2 is 1.12 bits per heavy atom. The molecule has 5 rings (SSSR count). The van der Waals surface area contributed by atoms with Crippen LogP contribution in [0.15, 0.2) is 0 Å². The number of nitriles is 2. The van der Waals surface area contributed by atoms with Crippen LogP contribution in [0.5, 0.6) is 0 Å². The molecular formula is C31H52Br2K2N2O4. The molecule has 0 bridgehead atoms. The van der Waals surface area contributed by atoms with E-state index in [1.807, 2.05) is 0 Å². The van der Waals surface area contributed by atoms with Gasteiger partial charge in [0.25, 0.3) is 0 Å². The standard InChI is InChI=1S/C10H15N.C10H16O2.C8H13N.C3H6Br2.2K.2H2O/c11-8-10(6-7-10)9-4-2-1-3-5-9;11-9(12)10(6-7-10)8-4-2-1-3-5-8;9-7-6-8-4-2-1-3-5-8;4-2-1-3-5;;;;/h9H,1-7H2;8H,1-7H2,(H,11,12);8H,1-6H2;1-3H2;;;2*1H2/q;;;;2*+1;;/p-2. The SMILES string of the molecule is BrCCCBr.N#CC1(C2CCCCC2)CC1.N#CCC1CCCCC1.O=C(O)C1(C2CCCCC2)CC1.[K+].[K+].[OH-].[OH-]. The number of carboxylic acids is 1. The number of rotatable bonds is 6. The van der Waals surface area contributed by atoms with E-state index in [2.05, 4.69) is 44.0 Å². The topological polar surface area (TPSA) is 145 Å². The third-order valence-corrected chi connectivity index (χ3v) is 10.5. The van der Waals surface area contributed by atoms with Gasteiger partial charge in [-0.2, -0.15) is 10.5 Å². The Bertz CT molecular complexity index is 735. The first-order chi connectivity index (χ1) is 18.0. The summed E-state index contributed by atoms with van der Waals surface area (Å²) in [4.78, 5) is 11.0. The van der Waals surface area contributed by atoms with Crippen molar-refractivity contribution in [1.82, 2.24) is 0 Å². The maximum atomic E-state index is 11.0. The average molecular weight is 755 g/mol. The first-order valence-corrected chi connectivity index (χ1v) is 17.4. The van der Waals surface area contributed by atoms with Gasteiger partial charge in [0.2, 0.25) is 0 Å². The van der Waals surface area contributed by atoms with Crippen LogP contribution in [0.2, 0.25) is 0 Å². The molecule has 226 valence electrons. The molecule has 0 aromatic heterocycles. The summed E-state index contributed by atoms with van der Waals surface area (Å²) in [5.41, 5.74) is -0.0964. The van der Waals surface area contributed by atoms with Gasteiger partial charge in [-0.25, -0.2) is 0 Å². The van der Waals surface area contributed by atoms with Gasteiger partial charge in [-0.15, -0.1) is 0 Å². The van der Waals surface area contributed by atoms with Crippen LogP contribution < -0.4 is 103 Å². The van der Waals surface area contributed by atoms with Crippen LogP contribution in [-0.4, -0.2) is 32.7 Å². The van der Waals surface area contributed by atoms with Gasteiger partial charge in [0.05, 0.1) is 23.0 Å². The molecule has 5 aliphatic carbocycles. The van der Waals surface area contributed by atoms with Crippen molar-refractivity contribution in [3.63, 3.8) is 0 Å². The van der Waals surface area contributed by atoms with Crippen LogP contribution in [0.25, 0.3) is 0 Å². The largest absolute Gasteiger partial charge is 1.00 e. The number of hydrogen-bond acceptors (Lipinski definition) is 5. The Morgan fingerprint density at radius 1 is 0.707 bits per heavy atom. The van der Waals surface area contributed by atoms with Gasteiger partial charge >= 0.3 is 109 Å². The van der Waals surface area contributed by atoms with Gasteiger partial charge < -0.3 is 16.1 Å². The van der Waals surface area contributed by atoms with E-state index in [4.69, 9.17) is 15.6 Å². The van der Waals surface area contributed by atoms with Crippen molar-refractivity contribution in [2.75, 3.05) is 10.7 Å². The first kappa shape index (κ1) is 48.0. The molecular weight excluding hydrogens is 702 g/mol. The van der Waals surface area contributed by atoms with E-state index in [-0.39, 0.29) is 125 Å². The predicted molar refractivity (Wildman–Crippen MR) is 163 cm³/mol. The normalized spacial score (nSPS) is 21.9. The van der Waals surface area contributed by atoms with Gasteiger partial charge in [0, 0.05) is 17.1 Å². The minimum Gasteiger partial charge on any atom is -0.870 e. The molecule has 0 saturated heterocycles. The zero-order chi connectivity index (χ0) is 27.0. The predicted octanol–water partition coefficient (Wildman–Crippen LogP) is 3.60. The second kappa shape index (κ2) is 27.7. The molecule has 0 aromatic carbocycles. The second-order valence-corrected chi connectivity index (χ2v) is 13.6. The number of alkyl halides is 2. The van der Waals surface area contributed by atoms with E-state index >= 15 is 0 Å². The summed E-state index contributed by atoms with van der Waals surface area (Å²) in [6.45, 7) is 0. The molecule has 6 nitrogen and oxygen atoms in total. The molecule has 0 unspecified atom stereocenters. The van der Waals surface area contributed by atoms with Crippen molar-refractivity contribution >= 4 is 37.8 Å². The number of hydrogen-bond donors (Lipinski definition) is 1. The summed E-state index contributed by atoms with van der Waals surface area (Å²) in [6, 6.07) is 4.76. The third-order valence-electron chi connectivity index (χ3n) is 9.37. The molecule has 41 heavy (non-hydrogen) atoms. The molecule has 0 atom stereocenters. The van der Waals surface area contributed by atoms with E-state index in [0.29, 0.717) is 5.92 Å². The molecule has 5 fully saturated rings. The van der Waals surface area contributed by atoms with Crippen molar-refractivity contribution in [2.24, 2.45) is 28.6 Å². The minimum absolute atomic E-state index is 0. The quantitative estimate of drug-likeness (QED) is 0.324. The molecule has 3 N–H and O–H groups in total. The fourth-order valence-corrected chi connectivity index (χ4v) is 7.87. The van der Waals surface area contributed by atoms with Crippen molar-refractivity contribution < 1.29 is 124 Å². The van der Waals surface area contributed by atoms with E-state index in [0.717, 1.165) is 54.6 Å². The minimum atomic E-state index is -0.533. The zero-order valence-corrected chi connectivity index (χ0v) is 35.3. The maximum absolute atomic E-state index is 11.0. The molecule has 0 aromatic rings. The first-order valence-electron chi connectivity index (χ1n) is 15.1. The van der Waals surface area contributed by atoms with Gasteiger partial charge in [-0.1, -0.05) is 89.6 Å². The van der Waals surface area contributed by atoms with Crippen LogP contribution in [0.4, 0.5) is 0 Å². The fraction of sp³-hybridized carbons (Fsp3) is 0.903. The Labute approximate surface area is 352 Å². The maximum Gasteiger partial charge on any atom is 1.00 e. The van der Waals surface area contributed by atoms with E-state index in [1.165, 1.54) is 103 Å². The van der Waals surface area contributed by atoms with Crippen LogP contribution in [0.3, 0.4) is 0 Å². The molecule has 0 aliphatic heterocycles. The summed E-state index contributed by atoms with van der Waals surface area (Å²) < 4.78 is 0. The smallest absolute Gasteiger partial charge is 0.870 e. The molecule has 0 heterocycles. The Kier molecular flexibility index (Phi) is 32.4. The monoisotopic (exact) mass is 752 g/mol. The second-order valence-electron chi connectivity index (χ2n) is 12.0. The fourth-order valence-electron chi connectivity index (χ4n) is 6.56. The van der Waals surface area contributed by atoms with Crippen molar-refractivity contribution in [3.05, 3.63) is 0 Å². The van der Waals surface area contributed by atoms with Crippen LogP contribution in [0, 0.1) is 51.2 Å². The molecule has 5 saturated carbocycles. The number of aliphatic carboxylic acids is 1. The van der Waals surface area contributed by atoms with Gasteiger partial charge in [-0.05, 0) is 88.4 Å². The Morgan fingerprint density at radius 3 is 1.41 bits per heavy atom. The third kappa shape index (κ3) is 17.9. The van der Waals surface area contributed by atoms with Gasteiger partial charge in [-0.3, -0.25) is 4.79 Å². The Hall–Kier alpha value is 2.60. The van der Waals surface area contributed by atoms with Crippen LogP contribution in [-0.2, 0) is 4.79 Å². The summed E-state index contributed by atoms with van der Waals surface area (Å²) in [5.74, 6) is 1.48. The van der Waals surface area contributed by atoms with E-state index in [9.17, 15) is 4.79 Å². The van der Waals surface area contributed by atoms with Crippen LogP contribution >= 0.6 is 31.9 Å². The van der Waals surface area contributed by atoms with Gasteiger partial charge in [0.15, 0.2) is 0 Å². The van der Waals surface area contributed by atoms with Crippen molar-refractivity contribution in [3.8, 4) is 12.1 Å². The van der Waals surface area contributed by atoms with Crippen molar-refractivity contribution in [2.45, 2.75) is 135 Å². The van der Waals surface area contributed by atoms with E-state index < -0.39 is 5.97 Å². The van der Waals surface area contributed by atoms with Crippen LogP contribution in [0.1, 0.15) is 135 Å². The molecule has 0 amide bonds. The average Bonchev–Trinajstić information content (AvgIpc) is 3.87. The number of carboxylic acid groups (broad SMARTS) is 1. The molecule has 0 spiro atoms.